The Balaban J connectivity index is 1.43. The highest BCUT2D eigenvalue weighted by atomic mass is 35.5. The van der Waals surface area contributed by atoms with E-state index >= 15 is 0 Å². The van der Waals surface area contributed by atoms with E-state index in [9.17, 15) is 27.9 Å². The van der Waals surface area contributed by atoms with Crippen molar-refractivity contribution in [2.45, 2.75) is 31.6 Å². The summed E-state index contributed by atoms with van der Waals surface area (Å²) >= 11 is 7.24. The molecule has 1 saturated heterocycles. The lowest BCUT2D eigenvalue weighted by molar-refractivity contribution is -0.139. The largest absolute Gasteiger partial charge is 0.479 e. The van der Waals surface area contributed by atoms with Crippen molar-refractivity contribution >= 4 is 56.6 Å². The van der Waals surface area contributed by atoms with Gasteiger partial charge in [0.25, 0.3) is 0 Å². The summed E-state index contributed by atoms with van der Waals surface area (Å²) in [4.78, 5) is 37.7. The number of carbonyl (C=O) groups excluding carboxylic acids is 1. The Bertz CT molecular complexity index is 1550. The predicted octanol–water partition coefficient (Wildman–Crippen LogP) is 5.08. The summed E-state index contributed by atoms with van der Waals surface area (Å²) in [6.07, 6.45) is 0.994. The van der Waals surface area contributed by atoms with Gasteiger partial charge in [-0.2, -0.15) is 0 Å². The molecule has 4 rings (SSSR count). The van der Waals surface area contributed by atoms with Crippen LogP contribution in [0.2, 0.25) is 5.02 Å². The molecule has 0 radical (unpaired) electrons. The Labute approximate surface area is 252 Å². The fraction of sp³-hybridized carbons (Fsp3) is 0.321. The van der Waals surface area contributed by atoms with Crippen molar-refractivity contribution in [3.63, 3.8) is 0 Å². The number of piperidine rings is 1. The Morgan fingerprint density at radius 1 is 1.10 bits per heavy atom. The molecule has 14 heteroatoms. The number of ether oxygens (including phenoxy) is 1. The number of hydrogen-bond donors (Lipinski definition) is 3. The van der Waals surface area contributed by atoms with E-state index in [1.807, 2.05) is 13.0 Å². The molecule has 1 aliphatic heterocycles. The molecule has 3 aromatic rings. The van der Waals surface area contributed by atoms with E-state index in [0.29, 0.717) is 48.6 Å². The fourth-order valence-corrected chi connectivity index (χ4v) is 7.76. The van der Waals surface area contributed by atoms with Crippen LogP contribution in [0, 0.1) is 0 Å². The highest BCUT2D eigenvalue weighted by Crippen LogP contribution is 2.46. The molecular formula is C28H30ClN3O8S2. The molecule has 0 saturated carbocycles. The lowest BCUT2D eigenvalue weighted by Crippen LogP contribution is -2.50. The predicted molar refractivity (Wildman–Crippen MR) is 160 cm³/mol. The number of carboxylic acid groups (broad SMARTS) is 2. The van der Waals surface area contributed by atoms with E-state index in [1.54, 1.807) is 53.4 Å². The summed E-state index contributed by atoms with van der Waals surface area (Å²) < 4.78 is 32.5. The number of nitrogens with zero attached hydrogens (tertiary/aromatic N) is 2. The van der Waals surface area contributed by atoms with Gasteiger partial charge in [0, 0.05) is 31.4 Å². The van der Waals surface area contributed by atoms with Crippen LogP contribution in [-0.2, 0) is 20.6 Å². The van der Waals surface area contributed by atoms with Crippen LogP contribution in [0.15, 0.2) is 54.6 Å². The van der Waals surface area contributed by atoms with E-state index in [1.165, 1.54) is 4.31 Å². The maximum Gasteiger partial charge on any atom is 0.349 e. The molecular weight excluding hydrogens is 606 g/mol. The number of carboxylic acids is 2. The second-order valence-electron chi connectivity index (χ2n) is 9.56. The SMILES string of the molecule is CCN(C(=O)Nc1cccc(-c2sc(C(=O)O)c(OCC(=O)O)c2Cl)c1)C1CCN(S(=O)(=O)Cc2ccccc2)CC1. The number of urea groups is 1. The number of rotatable bonds is 11. The highest BCUT2D eigenvalue weighted by molar-refractivity contribution is 7.88. The molecule has 0 atom stereocenters. The minimum atomic E-state index is -3.48. The van der Waals surface area contributed by atoms with Crippen LogP contribution in [0.1, 0.15) is 35.0 Å². The lowest BCUT2D eigenvalue weighted by atomic mass is 10.1. The summed E-state index contributed by atoms with van der Waals surface area (Å²) in [5.41, 5.74) is 1.67. The second-order valence-corrected chi connectivity index (χ2v) is 12.9. The van der Waals surface area contributed by atoms with E-state index in [4.69, 9.17) is 21.4 Å². The number of anilines is 1. The molecule has 0 spiro atoms. The van der Waals surface area contributed by atoms with Gasteiger partial charge in [-0.1, -0.05) is 54.1 Å². The summed E-state index contributed by atoms with van der Waals surface area (Å²) in [6.45, 7) is 2.14. The van der Waals surface area contributed by atoms with Gasteiger partial charge in [0.15, 0.2) is 17.2 Å². The van der Waals surface area contributed by atoms with Gasteiger partial charge in [-0.05, 0) is 43.0 Å². The molecule has 3 N–H and O–H groups in total. The molecule has 42 heavy (non-hydrogen) atoms. The Morgan fingerprint density at radius 3 is 2.40 bits per heavy atom. The van der Waals surface area contributed by atoms with Crippen molar-refractivity contribution in [2.24, 2.45) is 0 Å². The smallest absolute Gasteiger partial charge is 0.349 e. The number of nitrogens with one attached hydrogen (secondary N) is 1. The zero-order valence-corrected chi connectivity index (χ0v) is 25.0. The van der Waals surface area contributed by atoms with Gasteiger partial charge in [-0.15, -0.1) is 11.3 Å². The van der Waals surface area contributed by atoms with E-state index < -0.39 is 28.6 Å². The van der Waals surface area contributed by atoms with Crippen molar-refractivity contribution in [3.05, 3.63) is 70.1 Å². The molecule has 1 fully saturated rings. The minimum absolute atomic E-state index is 0.0358. The summed E-state index contributed by atoms with van der Waals surface area (Å²) in [5, 5.41) is 21.3. The molecule has 0 bridgehead atoms. The average molecular weight is 636 g/mol. The topological polar surface area (TPSA) is 154 Å². The van der Waals surface area contributed by atoms with Crippen LogP contribution in [0.3, 0.4) is 0 Å². The maximum absolute atomic E-state index is 13.3. The number of sulfonamides is 1. The van der Waals surface area contributed by atoms with Crippen molar-refractivity contribution in [1.82, 2.24) is 9.21 Å². The van der Waals surface area contributed by atoms with Crippen molar-refractivity contribution < 1.29 is 37.8 Å². The second kappa shape index (κ2) is 13.6. The zero-order valence-electron chi connectivity index (χ0n) is 22.7. The number of carbonyl (C=O) groups is 3. The van der Waals surface area contributed by atoms with Gasteiger partial charge in [-0.3, -0.25) is 0 Å². The zero-order chi connectivity index (χ0) is 30.4. The monoisotopic (exact) mass is 635 g/mol. The van der Waals surface area contributed by atoms with E-state index in [2.05, 4.69) is 5.32 Å². The molecule has 11 nitrogen and oxygen atoms in total. The maximum atomic E-state index is 13.3. The van der Waals surface area contributed by atoms with Crippen molar-refractivity contribution in [2.75, 3.05) is 31.6 Å². The van der Waals surface area contributed by atoms with Gasteiger partial charge in [0.2, 0.25) is 10.0 Å². The van der Waals surface area contributed by atoms with Crippen LogP contribution in [-0.4, -0.2) is 78.1 Å². The van der Waals surface area contributed by atoms with Crippen LogP contribution >= 0.6 is 22.9 Å². The molecule has 2 heterocycles. The lowest BCUT2D eigenvalue weighted by Gasteiger charge is -2.37. The number of aromatic carboxylic acids is 1. The standard InChI is InChI=1S/C28H30ClN3O8S2/c1-2-32(21-11-13-31(14-12-21)42(38,39)17-18-7-4-3-5-8-18)28(37)30-20-10-6-9-19(15-20)25-23(29)24(40-16-22(33)34)26(41-25)27(35)36/h3-10,15,21H,2,11-14,16-17H2,1H3,(H,30,37)(H,33,34)(H,35,36). The Kier molecular flexibility index (Phi) is 10.1. The van der Waals surface area contributed by atoms with E-state index in [0.717, 1.165) is 16.9 Å². The van der Waals surface area contributed by atoms with E-state index in [-0.39, 0.29) is 33.5 Å². The molecule has 0 unspecified atom stereocenters. The molecule has 1 aliphatic rings. The Hall–Kier alpha value is -3.65. The normalized spacial score (nSPS) is 14.3. The third kappa shape index (κ3) is 7.40. The van der Waals surface area contributed by atoms with Crippen molar-refractivity contribution in [1.29, 1.82) is 0 Å². The minimum Gasteiger partial charge on any atom is -0.479 e. The first-order valence-corrected chi connectivity index (χ1v) is 15.9. The van der Waals surface area contributed by atoms with Gasteiger partial charge >= 0.3 is 18.0 Å². The van der Waals surface area contributed by atoms with Gasteiger partial charge in [0.1, 0.15) is 5.02 Å². The number of aliphatic carboxylic acids is 1. The first-order chi connectivity index (χ1) is 20.0. The fourth-order valence-electron chi connectivity index (χ4n) is 4.79. The molecule has 2 aromatic carbocycles. The first kappa shape index (κ1) is 31.3. The highest BCUT2D eigenvalue weighted by Gasteiger charge is 2.32. The third-order valence-corrected chi connectivity index (χ3v) is 10.3. The summed E-state index contributed by atoms with van der Waals surface area (Å²) in [7, 11) is -3.48. The number of hydrogen-bond acceptors (Lipinski definition) is 7. The number of amides is 2. The number of thiophene rings is 1. The van der Waals surface area contributed by atoms with Gasteiger partial charge in [-0.25, -0.2) is 27.1 Å². The third-order valence-electron chi connectivity index (χ3n) is 6.77. The summed E-state index contributed by atoms with van der Waals surface area (Å²) in [6, 6.07) is 15.2. The Morgan fingerprint density at radius 2 is 1.79 bits per heavy atom. The first-order valence-electron chi connectivity index (χ1n) is 13.1. The van der Waals surface area contributed by atoms with Gasteiger partial charge < -0.3 is 25.2 Å². The quantitative estimate of drug-likeness (QED) is 0.264. The van der Waals surface area contributed by atoms with Gasteiger partial charge in [0.05, 0.1) is 10.6 Å². The van der Waals surface area contributed by atoms with Crippen LogP contribution in [0.25, 0.3) is 10.4 Å². The molecule has 1 aromatic heterocycles. The van der Waals surface area contributed by atoms with Crippen molar-refractivity contribution in [3.8, 4) is 16.2 Å². The number of halogens is 1. The summed E-state index contributed by atoms with van der Waals surface area (Å²) in [5.74, 6) is -2.88. The molecule has 224 valence electrons. The van der Waals surface area contributed by atoms with Crippen LogP contribution in [0.4, 0.5) is 10.5 Å². The number of benzene rings is 2. The molecule has 0 aliphatic carbocycles. The average Bonchev–Trinajstić information content (AvgIpc) is 3.29. The molecule has 2 amide bonds. The van der Waals surface area contributed by atoms with Crippen LogP contribution in [0.5, 0.6) is 5.75 Å². The van der Waals surface area contributed by atoms with Crippen LogP contribution < -0.4 is 10.1 Å².